The minimum absolute atomic E-state index is 0.0562. The molecular weight excluding hydrogens is 224 g/mol. The van der Waals surface area contributed by atoms with E-state index in [2.05, 4.69) is 19.2 Å². The Morgan fingerprint density at radius 2 is 1.89 bits per heavy atom. The summed E-state index contributed by atoms with van der Waals surface area (Å²) in [7, 11) is 1.88. The van der Waals surface area contributed by atoms with Crippen molar-refractivity contribution >= 4 is 5.91 Å². The maximum Gasteiger partial charge on any atom is 0.239 e. The first-order chi connectivity index (χ1) is 8.47. The molecule has 0 aromatic rings. The molecule has 0 heterocycles. The van der Waals surface area contributed by atoms with E-state index >= 15 is 0 Å². The monoisotopic (exact) mass is 254 g/mol. The van der Waals surface area contributed by atoms with Gasteiger partial charge in [0.1, 0.15) is 0 Å². The SMILES string of the molecule is CCN(C)C(=O)C(C)NC1CCCCC1C(C)C. The largest absolute Gasteiger partial charge is 0.345 e. The van der Waals surface area contributed by atoms with Gasteiger partial charge in [0.2, 0.25) is 5.91 Å². The van der Waals surface area contributed by atoms with Crippen molar-refractivity contribution < 1.29 is 4.79 Å². The van der Waals surface area contributed by atoms with Crippen molar-refractivity contribution in [2.75, 3.05) is 13.6 Å². The molecule has 0 radical (unpaired) electrons. The van der Waals surface area contributed by atoms with Gasteiger partial charge in [-0.2, -0.15) is 0 Å². The molecule has 3 atom stereocenters. The smallest absolute Gasteiger partial charge is 0.239 e. The predicted molar refractivity (Wildman–Crippen MR) is 76.5 cm³/mol. The molecule has 1 rings (SSSR count). The van der Waals surface area contributed by atoms with Crippen LogP contribution in [0.5, 0.6) is 0 Å². The van der Waals surface area contributed by atoms with Gasteiger partial charge in [0.25, 0.3) is 0 Å². The van der Waals surface area contributed by atoms with Crippen LogP contribution in [0.3, 0.4) is 0 Å². The third-order valence-corrected chi connectivity index (χ3v) is 4.36. The van der Waals surface area contributed by atoms with Crippen molar-refractivity contribution in [2.24, 2.45) is 11.8 Å². The van der Waals surface area contributed by atoms with Gasteiger partial charge in [-0.05, 0) is 38.5 Å². The lowest BCUT2D eigenvalue weighted by atomic mass is 9.77. The number of likely N-dealkylation sites (N-methyl/N-ethyl adjacent to an activating group) is 1. The first-order valence-corrected chi connectivity index (χ1v) is 7.48. The van der Waals surface area contributed by atoms with Crippen LogP contribution >= 0.6 is 0 Å². The van der Waals surface area contributed by atoms with Crippen molar-refractivity contribution in [1.82, 2.24) is 10.2 Å². The van der Waals surface area contributed by atoms with Crippen molar-refractivity contribution in [2.45, 2.75) is 65.5 Å². The van der Waals surface area contributed by atoms with E-state index in [9.17, 15) is 4.79 Å². The zero-order chi connectivity index (χ0) is 13.7. The zero-order valence-electron chi connectivity index (χ0n) is 12.7. The standard InChI is InChI=1S/C15H30N2O/c1-6-17(5)15(18)12(4)16-14-10-8-7-9-13(14)11(2)3/h11-14,16H,6-10H2,1-5H3. The van der Waals surface area contributed by atoms with E-state index in [0.717, 1.165) is 12.5 Å². The van der Waals surface area contributed by atoms with E-state index < -0.39 is 0 Å². The fraction of sp³-hybridized carbons (Fsp3) is 0.933. The molecule has 0 saturated heterocycles. The molecule has 1 saturated carbocycles. The third-order valence-electron chi connectivity index (χ3n) is 4.36. The Morgan fingerprint density at radius 3 is 2.44 bits per heavy atom. The van der Waals surface area contributed by atoms with Gasteiger partial charge in [0.15, 0.2) is 0 Å². The Bertz CT molecular complexity index is 265. The number of hydrogen-bond acceptors (Lipinski definition) is 2. The summed E-state index contributed by atoms with van der Waals surface area (Å²) in [4.78, 5) is 13.9. The molecule has 1 fully saturated rings. The number of carbonyl (C=O) groups excluding carboxylic acids is 1. The normalized spacial score (nSPS) is 26.1. The lowest BCUT2D eigenvalue weighted by molar-refractivity contribution is -0.131. The van der Waals surface area contributed by atoms with Gasteiger partial charge in [0.05, 0.1) is 6.04 Å². The number of amides is 1. The van der Waals surface area contributed by atoms with Crippen molar-refractivity contribution in [3.8, 4) is 0 Å². The maximum absolute atomic E-state index is 12.1. The Hall–Kier alpha value is -0.570. The Labute approximate surface area is 112 Å². The summed E-state index contributed by atoms with van der Waals surface area (Å²) >= 11 is 0. The second-order valence-corrected chi connectivity index (χ2v) is 6.04. The molecule has 0 aliphatic heterocycles. The van der Waals surface area contributed by atoms with Gasteiger partial charge < -0.3 is 10.2 Å². The molecule has 0 spiro atoms. The predicted octanol–water partition coefficient (Wildman–Crippen LogP) is 2.66. The highest BCUT2D eigenvalue weighted by atomic mass is 16.2. The topological polar surface area (TPSA) is 32.3 Å². The molecule has 1 N–H and O–H groups in total. The van der Waals surface area contributed by atoms with Crippen LogP contribution in [0, 0.1) is 11.8 Å². The van der Waals surface area contributed by atoms with Gasteiger partial charge in [-0.3, -0.25) is 4.79 Å². The average molecular weight is 254 g/mol. The minimum atomic E-state index is -0.0562. The molecule has 3 heteroatoms. The van der Waals surface area contributed by atoms with Gasteiger partial charge >= 0.3 is 0 Å². The second-order valence-electron chi connectivity index (χ2n) is 6.04. The fourth-order valence-electron chi connectivity index (χ4n) is 3.04. The van der Waals surface area contributed by atoms with Crippen LogP contribution in [0.4, 0.5) is 0 Å². The molecule has 0 aromatic heterocycles. The molecule has 3 unspecified atom stereocenters. The molecule has 1 amide bonds. The molecule has 3 nitrogen and oxygen atoms in total. The summed E-state index contributed by atoms with van der Waals surface area (Å²) in [6.07, 6.45) is 5.17. The number of nitrogens with zero attached hydrogens (tertiary/aromatic N) is 1. The zero-order valence-corrected chi connectivity index (χ0v) is 12.7. The van der Waals surface area contributed by atoms with Crippen LogP contribution in [0.25, 0.3) is 0 Å². The van der Waals surface area contributed by atoms with Crippen LogP contribution in [-0.4, -0.2) is 36.5 Å². The quantitative estimate of drug-likeness (QED) is 0.818. The van der Waals surface area contributed by atoms with E-state index in [1.54, 1.807) is 4.90 Å². The molecule has 0 bridgehead atoms. The van der Waals surface area contributed by atoms with E-state index in [0.29, 0.717) is 12.0 Å². The summed E-state index contributed by atoms with van der Waals surface area (Å²) in [5.41, 5.74) is 0. The third kappa shape index (κ3) is 3.98. The lowest BCUT2D eigenvalue weighted by Crippen LogP contribution is -2.51. The van der Waals surface area contributed by atoms with E-state index in [1.807, 2.05) is 20.9 Å². The van der Waals surface area contributed by atoms with E-state index in [-0.39, 0.29) is 11.9 Å². The van der Waals surface area contributed by atoms with Gasteiger partial charge in [-0.1, -0.05) is 26.7 Å². The minimum Gasteiger partial charge on any atom is -0.345 e. The summed E-state index contributed by atoms with van der Waals surface area (Å²) in [6, 6.07) is 0.460. The summed E-state index contributed by atoms with van der Waals surface area (Å²) in [6.45, 7) is 9.40. The Balaban J connectivity index is 2.55. The number of nitrogens with one attached hydrogen (secondary N) is 1. The molecule has 0 aromatic carbocycles. The number of rotatable bonds is 5. The van der Waals surface area contributed by atoms with Gasteiger partial charge in [-0.25, -0.2) is 0 Å². The van der Waals surface area contributed by atoms with Gasteiger partial charge in [-0.15, -0.1) is 0 Å². The van der Waals surface area contributed by atoms with Crippen LogP contribution in [0.1, 0.15) is 53.4 Å². The van der Waals surface area contributed by atoms with Crippen molar-refractivity contribution in [1.29, 1.82) is 0 Å². The summed E-state index contributed by atoms with van der Waals surface area (Å²) in [5.74, 6) is 1.64. The first kappa shape index (κ1) is 15.5. The molecule has 106 valence electrons. The number of hydrogen-bond donors (Lipinski definition) is 1. The highest BCUT2D eigenvalue weighted by molar-refractivity contribution is 5.81. The van der Waals surface area contributed by atoms with Gasteiger partial charge in [0, 0.05) is 19.6 Å². The highest BCUT2D eigenvalue weighted by Gasteiger charge is 2.30. The molecule has 18 heavy (non-hydrogen) atoms. The van der Waals surface area contributed by atoms with Crippen LogP contribution in [-0.2, 0) is 4.79 Å². The molecular formula is C15H30N2O. The Kier molecular flexibility index (Phi) is 6.13. The second kappa shape index (κ2) is 7.13. The number of carbonyl (C=O) groups is 1. The summed E-state index contributed by atoms with van der Waals surface area (Å²) in [5, 5.41) is 3.57. The molecule has 1 aliphatic carbocycles. The first-order valence-electron chi connectivity index (χ1n) is 7.48. The Morgan fingerprint density at radius 1 is 1.28 bits per heavy atom. The summed E-state index contributed by atoms with van der Waals surface area (Å²) < 4.78 is 0. The maximum atomic E-state index is 12.1. The van der Waals surface area contributed by atoms with Crippen LogP contribution < -0.4 is 5.32 Å². The lowest BCUT2D eigenvalue weighted by Gasteiger charge is -2.37. The van der Waals surface area contributed by atoms with Crippen molar-refractivity contribution in [3.63, 3.8) is 0 Å². The van der Waals surface area contributed by atoms with Crippen LogP contribution in [0.2, 0.25) is 0 Å². The van der Waals surface area contributed by atoms with E-state index in [4.69, 9.17) is 0 Å². The fourth-order valence-corrected chi connectivity index (χ4v) is 3.04. The average Bonchev–Trinajstić information content (AvgIpc) is 2.37. The highest BCUT2D eigenvalue weighted by Crippen LogP contribution is 2.30. The molecule has 1 aliphatic rings. The van der Waals surface area contributed by atoms with E-state index in [1.165, 1.54) is 25.7 Å². The van der Waals surface area contributed by atoms with Crippen molar-refractivity contribution in [3.05, 3.63) is 0 Å². The van der Waals surface area contributed by atoms with Crippen LogP contribution in [0.15, 0.2) is 0 Å².